The zero-order chi connectivity index (χ0) is 10.8. The Morgan fingerprint density at radius 1 is 1.20 bits per heavy atom. The summed E-state index contributed by atoms with van der Waals surface area (Å²) in [5, 5.41) is 0.0852. The molecular weight excluding hydrogens is 212 g/mol. The Morgan fingerprint density at radius 2 is 1.93 bits per heavy atom. The number of hydrogen-bond donors (Lipinski definition) is 0. The van der Waals surface area contributed by atoms with E-state index in [4.69, 9.17) is 21.1 Å². The summed E-state index contributed by atoms with van der Waals surface area (Å²) in [4.78, 5) is 0. The quantitative estimate of drug-likeness (QED) is 0.722. The van der Waals surface area contributed by atoms with Crippen LogP contribution in [-0.2, 0) is 0 Å². The first-order chi connectivity index (χ1) is 7.20. The van der Waals surface area contributed by atoms with E-state index < -0.39 is 0 Å². The van der Waals surface area contributed by atoms with Gasteiger partial charge >= 0.3 is 0 Å². The normalized spacial score (nSPS) is 18.3. The summed E-state index contributed by atoms with van der Waals surface area (Å²) in [6, 6.07) is 5.97. The molecule has 1 aliphatic rings. The molecule has 15 heavy (non-hydrogen) atoms. The third kappa shape index (κ3) is 2.05. The molecule has 1 heterocycles. The molecule has 2 nitrogen and oxygen atoms in total. The smallest absolute Gasteiger partial charge is 0.164 e. The molecule has 1 aromatic rings. The lowest BCUT2D eigenvalue weighted by molar-refractivity contribution is 0.169. The topological polar surface area (TPSA) is 18.5 Å². The lowest BCUT2D eigenvalue weighted by Crippen LogP contribution is -2.18. The third-order valence-corrected chi connectivity index (χ3v) is 3.15. The van der Waals surface area contributed by atoms with Gasteiger partial charge < -0.3 is 9.47 Å². The van der Waals surface area contributed by atoms with Gasteiger partial charge in [0, 0.05) is 16.9 Å². The SMILES string of the molecule is CC(Cl)C(C)c1cccc2c1OCCO2. The molecule has 0 amide bonds. The fourth-order valence-corrected chi connectivity index (χ4v) is 1.84. The van der Waals surface area contributed by atoms with E-state index in [1.54, 1.807) is 0 Å². The second-order valence-electron chi connectivity index (χ2n) is 3.84. The van der Waals surface area contributed by atoms with Crippen molar-refractivity contribution in [2.75, 3.05) is 13.2 Å². The van der Waals surface area contributed by atoms with Crippen molar-refractivity contribution in [3.05, 3.63) is 23.8 Å². The van der Waals surface area contributed by atoms with Gasteiger partial charge in [0.15, 0.2) is 11.5 Å². The summed E-state index contributed by atoms with van der Waals surface area (Å²) >= 11 is 6.11. The van der Waals surface area contributed by atoms with Crippen molar-refractivity contribution in [3.63, 3.8) is 0 Å². The van der Waals surface area contributed by atoms with Gasteiger partial charge in [0.1, 0.15) is 13.2 Å². The van der Waals surface area contributed by atoms with Gasteiger partial charge in [-0.2, -0.15) is 0 Å². The Labute approximate surface area is 95.1 Å². The van der Waals surface area contributed by atoms with Gasteiger partial charge in [0.25, 0.3) is 0 Å². The Kier molecular flexibility index (Phi) is 3.06. The monoisotopic (exact) mass is 226 g/mol. The molecule has 0 saturated carbocycles. The van der Waals surface area contributed by atoms with Crippen LogP contribution in [0.2, 0.25) is 0 Å². The number of para-hydroxylation sites is 1. The highest BCUT2D eigenvalue weighted by atomic mass is 35.5. The average molecular weight is 227 g/mol. The molecule has 0 radical (unpaired) electrons. The van der Waals surface area contributed by atoms with Gasteiger partial charge in [0.2, 0.25) is 0 Å². The number of alkyl halides is 1. The summed E-state index contributed by atoms with van der Waals surface area (Å²) in [6.07, 6.45) is 0. The first-order valence-corrected chi connectivity index (χ1v) is 5.66. The van der Waals surface area contributed by atoms with Crippen molar-refractivity contribution in [2.24, 2.45) is 0 Å². The number of hydrogen-bond acceptors (Lipinski definition) is 2. The highest BCUT2D eigenvalue weighted by Crippen LogP contribution is 2.39. The predicted molar refractivity (Wildman–Crippen MR) is 61.2 cm³/mol. The summed E-state index contributed by atoms with van der Waals surface area (Å²) < 4.78 is 11.2. The standard InChI is InChI=1S/C12H15ClO2/c1-8(9(2)13)10-4-3-5-11-12(10)15-7-6-14-11/h3-5,8-9H,6-7H2,1-2H3. The van der Waals surface area contributed by atoms with Crippen LogP contribution in [0, 0.1) is 0 Å². The van der Waals surface area contributed by atoms with Gasteiger partial charge in [-0.15, -0.1) is 11.6 Å². The van der Waals surface area contributed by atoms with Crippen LogP contribution in [0.25, 0.3) is 0 Å². The lowest BCUT2D eigenvalue weighted by Gasteiger charge is -2.24. The van der Waals surface area contributed by atoms with Crippen molar-refractivity contribution >= 4 is 11.6 Å². The van der Waals surface area contributed by atoms with Gasteiger partial charge in [-0.05, 0) is 13.0 Å². The molecule has 82 valence electrons. The fraction of sp³-hybridized carbons (Fsp3) is 0.500. The molecule has 2 atom stereocenters. The fourth-order valence-electron chi connectivity index (χ4n) is 1.70. The van der Waals surface area contributed by atoms with Crippen LogP contribution in [0.5, 0.6) is 11.5 Å². The number of ether oxygens (including phenoxy) is 2. The summed E-state index contributed by atoms with van der Waals surface area (Å²) in [5.41, 5.74) is 1.13. The Bertz CT molecular complexity index is 349. The van der Waals surface area contributed by atoms with Crippen LogP contribution >= 0.6 is 11.6 Å². The van der Waals surface area contributed by atoms with E-state index >= 15 is 0 Å². The molecule has 2 unspecified atom stereocenters. The van der Waals surface area contributed by atoms with Crippen LogP contribution in [0.1, 0.15) is 25.3 Å². The molecule has 1 aliphatic heterocycles. The zero-order valence-electron chi connectivity index (χ0n) is 9.00. The highest BCUT2D eigenvalue weighted by Gasteiger charge is 2.21. The maximum absolute atomic E-state index is 6.11. The minimum atomic E-state index is 0.0852. The first-order valence-electron chi connectivity index (χ1n) is 5.22. The molecule has 0 aromatic heterocycles. The Morgan fingerprint density at radius 3 is 2.67 bits per heavy atom. The molecule has 0 fully saturated rings. The van der Waals surface area contributed by atoms with E-state index in [0.29, 0.717) is 13.2 Å². The molecule has 1 aromatic carbocycles. The molecule has 0 bridgehead atoms. The van der Waals surface area contributed by atoms with Gasteiger partial charge in [-0.1, -0.05) is 19.1 Å². The third-order valence-electron chi connectivity index (χ3n) is 2.78. The minimum Gasteiger partial charge on any atom is -0.486 e. The van der Waals surface area contributed by atoms with Crippen LogP contribution in [-0.4, -0.2) is 18.6 Å². The minimum absolute atomic E-state index is 0.0852. The molecular formula is C12H15ClO2. The van der Waals surface area contributed by atoms with Gasteiger partial charge in [-0.3, -0.25) is 0 Å². The average Bonchev–Trinajstić information content (AvgIpc) is 2.27. The Balaban J connectivity index is 2.39. The molecule has 0 spiro atoms. The molecule has 3 heteroatoms. The Hall–Kier alpha value is -0.890. The summed E-state index contributed by atoms with van der Waals surface area (Å²) in [7, 11) is 0. The van der Waals surface area contributed by atoms with E-state index in [9.17, 15) is 0 Å². The predicted octanol–water partition coefficient (Wildman–Crippen LogP) is 3.19. The number of benzene rings is 1. The number of rotatable bonds is 2. The van der Waals surface area contributed by atoms with Crippen molar-refractivity contribution in [3.8, 4) is 11.5 Å². The largest absolute Gasteiger partial charge is 0.486 e. The maximum atomic E-state index is 6.11. The van der Waals surface area contributed by atoms with Crippen molar-refractivity contribution in [1.29, 1.82) is 0 Å². The zero-order valence-corrected chi connectivity index (χ0v) is 9.75. The van der Waals surface area contributed by atoms with Crippen molar-refractivity contribution in [2.45, 2.75) is 25.1 Å². The molecule has 0 aliphatic carbocycles. The highest BCUT2D eigenvalue weighted by molar-refractivity contribution is 6.20. The van der Waals surface area contributed by atoms with Crippen LogP contribution in [0.15, 0.2) is 18.2 Å². The van der Waals surface area contributed by atoms with Crippen LogP contribution < -0.4 is 9.47 Å². The molecule has 2 rings (SSSR count). The van der Waals surface area contributed by atoms with E-state index in [0.717, 1.165) is 17.1 Å². The van der Waals surface area contributed by atoms with Crippen molar-refractivity contribution < 1.29 is 9.47 Å². The summed E-state index contributed by atoms with van der Waals surface area (Å²) in [5.74, 6) is 1.97. The van der Waals surface area contributed by atoms with Crippen LogP contribution in [0.3, 0.4) is 0 Å². The molecule has 0 N–H and O–H groups in total. The lowest BCUT2D eigenvalue weighted by atomic mass is 9.97. The first kappa shape index (κ1) is 10.6. The van der Waals surface area contributed by atoms with E-state index in [-0.39, 0.29) is 11.3 Å². The van der Waals surface area contributed by atoms with E-state index in [1.807, 2.05) is 19.1 Å². The maximum Gasteiger partial charge on any atom is 0.164 e. The van der Waals surface area contributed by atoms with E-state index in [1.165, 1.54) is 0 Å². The van der Waals surface area contributed by atoms with Crippen molar-refractivity contribution in [1.82, 2.24) is 0 Å². The van der Waals surface area contributed by atoms with Gasteiger partial charge in [0.05, 0.1) is 0 Å². The van der Waals surface area contributed by atoms with E-state index in [2.05, 4.69) is 13.0 Å². The molecule has 0 saturated heterocycles. The number of halogens is 1. The second kappa shape index (κ2) is 4.31. The van der Waals surface area contributed by atoms with Crippen LogP contribution in [0.4, 0.5) is 0 Å². The van der Waals surface area contributed by atoms with Gasteiger partial charge in [-0.25, -0.2) is 0 Å². The second-order valence-corrected chi connectivity index (χ2v) is 4.53. The summed E-state index contributed by atoms with van der Waals surface area (Å²) in [6.45, 7) is 5.34. The number of fused-ring (bicyclic) bond motifs is 1.